The first-order valence-electron chi connectivity index (χ1n) is 7.39. The van der Waals surface area contributed by atoms with E-state index in [9.17, 15) is 0 Å². The van der Waals surface area contributed by atoms with Crippen LogP contribution in [0.5, 0.6) is 11.5 Å². The Kier molecular flexibility index (Phi) is 3.69. The molecule has 0 radical (unpaired) electrons. The van der Waals surface area contributed by atoms with Crippen molar-refractivity contribution in [1.82, 2.24) is 19.9 Å². The molecule has 2 heterocycles. The number of hydrogen-bond acceptors (Lipinski definition) is 6. The van der Waals surface area contributed by atoms with E-state index in [1.807, 2.05) is 48.5 Å². The number of aromatic nitrogens is 4. The molecule has 4 rings (SSSR count). The van der Waals surface area contributed by atoms with Crippen LogP contribution in [0.1, 0.15) is 0 Å². The summed E-state index contributed by atoms with van der Waals surface area (Å²) in [5, 5.41) is 4.00. The van der Waals surface area contributed by atoms with Crippen LogP contribution in [0, 0.1) is 0 Å². The van der Waals surface area contributed by atoms with Crippen LogP contribution in [-0.2, 0) is 0 Å². The van der Waals surface area contributed by atoms with Crippen molar-refractivity contribution < 1.29 is 4.74 Å². The first-order chi connectivity index (χ1) is 11.9. The normalized spacial score (nSPS) is 10.5. The van der Waals surface area contributed by atoms with Crippen LogP contribution in [0.3, 0.4) is 0 Å². The summed E-state index contributed by atoms with van der Waals surface area (Å²) >= 11 is 0. The molecule has 0 unspecified atom stereocenters. The number of benzene rings is 2. The van der Waals surface area contributed by atoms with Crippen molar-refractivity contribution >= 4 is 22.5 Å². The maximum Gasteiger partial charge on any atom is 0.150 e. The van der Waals surface area contributed by atoms with E-state index < -0.39 is 0 Å². The summed E-state index contributed by atoms with van der Waals surface area (Å²) < 4.78 is 5.88. The molecular formula is C18H13N5O. The number of fused-ring (bicyclic) bond motifs is 1. The Morgan fingerprint density at radius 1 is 0.833 bits per heavy atom. The predicted molar refractivity (Wildman–Crippen MR) is 91.4 cm³/mol. The number of nitrogens with zero attached hydrogens (tertiary/aromatic N) is 4. The molecule has 4 aromatic rings. The molecule has 24 heavy (non-hydrogen) atoms. The highest BCUT2D eigenvalue weighted by Crippen LogP contribution is 2.28. The zero-order valence-corrected chi connectivity index (χ0v) is 12.6. The van der Waals surface area contributed by atoms with Crippen LogP contribution in [0.4, 0.5) is 11.6 Å². The number of nitrogens with one attached hydrogen (secondary N) is 1. The van der Waals surface area contributed by atoms with Crippen LogP contribution in [0.25, 0.3) is 10.9 Å². The number of rotatable bonds is 4. The first-order valence-corrected chi connectivity index (χ1v) is 7.39. The Balaban J connectivity index is 1.71. The highest BCUT2D eigenvalue weighted by molar-refractivity contribution is 5.91. The third-order valence-electron chi connectivity index (χ3n) is 3.40. The van der Waals surface area contributed by atoms with Crippen molar-refractivity contribution in [1.29, 1.82) is 0 Å². The molecule has 2 aromatic carbocycles. The Morgan fingerprint density at radius 3 is 2.58 bits per heavy atom. The fraction of sp³-hybridized carbons (Fsp3) is 0. The van der Waals surface area contributed by atoms with E-state index in [0.29, 0.717) is 17.4 Å². The SMILES string of the molecule is c1ccc(Oc2ccc3ncnc(Nc4cnccn4)c3c2)cc1. The van der Waals surface area contributed by atoms with Gasteiger partial charge in [0.25, 0.3) is 0 Å². The molecule has 1 N–H and O–H groups in total. The van der Waals surface area contributed by atoms with Crippen molar-refractivity contribution in [2.75, 3.05) is 5.32 Å². The molecule has 0 aliphatic heterocycles. The molecule has 0 bridgehead atoms. The standard InChI is InChI=1S/C18H13N5O/c1-2-4-13(5-3-1)24-14-6-7-16-15(10-14)18(22-12-21-16)23-17-11-19-8-9-20-17/h1-12H,(H,20,21,22,23). The Morgan fingerprint density at radius 2 is 1.75 bits per heavy atom. The number of ether oxygens (including phenoxy) is 1. The Bertz CT molecular complexity index is 961. The minimum atomic E-state index is 0.617. The van der Waals surface area contributed by atoms with Crippen molar-refractivity contribution in [3.63, 3.8) is 0 Å². The molecule has 0 saturated carbocycles. The van der Waals surface area contributed by atoms with Gasteiger partial charge in [0, 0.05) is 17.8 Å². The zero-order valence-electron chi connectivity index (χ0n) is 12.6. The molecule has 0 fully saturated rings. The van der Waals surface area contributed by atoms with Crippen LogP contribution < -0.4 is 10.1 Å². The fourth-order valence-corrected chi connectivity index (χ4v) is 2.31. The van der Waals surface area contributed by atoms with Gasteiger partial charge >= 0.3 is 0 Å². The van der Waals surface area contributed by atoms with Crippen molar-refractivity contribution in [2.24, 2.45) is 0 Å². The number of hydrogen-bond donors (Lipinski definition) is 1. The maximum atomic E-state index is 5.88. The third-order valence-corrected chi connectivity index (χ3v) is 3.40. The average Bonchev–Trinajstić information content (AvgIpc) is 2.64. The molecule has 116 valence electrons. The summed E-state index contributed by atoms with van der Waals surface area (Å²) in [5.41, 5.74) is 0.816. The van der Waals surface area contributed by atoms with Crippen LogP contribution in [0.15, 0.2) is 73.4 Å². The van der Waals surface area contributed by atoms with Gasteiger partial charge in [-0.1, -0.05) is 18.2 Å². The second kappa shape index (κ2) is 6.29. The van der Waals surface area contributed by atoms with Crippen molar-refractivity contribution in [2.45, 2.75) is 0 Å². The van der Waals surface area contributed by atoms with Gasteiger partial charge in [-0.3, -0.25) is 4.98 Å². The predicted octanol–water partition coefficient (Wildman–Crippen LogP) is 3.96. The smallest absolute Gasteiger partial charge is 0.150 e. The molecule has 0 aliphatic carbocycles. The highest BCUT2D eigenvalue weighted by atomic mass is 16.5. The summed E-state index contributed by atoms with van der Waals surface area (Å²) in [6.07, 6.45) is 6.39. The monoisotopic (exact) mass is 315 g/mol. The number of anilines is 2. The van der Waals surface area contributed by atoms with Crippen LogP contribution in [-0.4, -0.2) is 19.9 Å². The molecule has 0 atom stereocenters. The third kappa shape index (κ3) is 2.98. The average molecular weight is 315 g/mol. The second-order valence-corrected chi connectivity index (χ2v) is 5.03. The Labute approximate surface area is 138 Å². The largest absolute Gasteiger partial charge is 0.457 e. The van der Waals surface area contributed by atoms with Gasteiger partial charge in [0.15, 0.2) is 0 Å². The molecule has 0 aliphatic rings. The lowest BCUT2D eigenvalue weighted by Gasteiger charge is -2.09. The van der Waals surface area contributed by atoms with Gasteiger partial charge in [0.05, 0.1) is 11.7 Å². The van der Waals surface area contributed by atoms with Gasteiger partial charge in [0.1, 0.15) is 29.5 Å². The fourth-order valence-electron chi connectivity index (χ4n) is 2.31. The number of para-hydroxylation sites is 1. The van der Waals surface area contributed by atoms with E-state index in [-0.39, 0.29) is 0 Å². The molecule has 2 aromatic heterocycles. The van der Waals surface area contributed by atoms with Crippen LogP contribution >= 0.6 is 0 Å². The van der Waals surface area contributed by atoms with Crippen LogP contribution in [0.2, 0.25) is 0 Å². The van der Waals surface area contributed by atoms with Gasteiger partial charge in [-0.15, -0.1) is 0 Å². The minimum absolute atomic E-state index is 0.617. The van der Waals surface area contributed by atoms with Gasteiger partial charge in [-0.2, -0.15) is 0 Å². The van der Waals surface area contributed by atoms with Crippen molar-refractivity contribution in [3.05, 3.63) is 73.4 Å². The topological polar surface area (TPSA) is 72.8 Å². The summed E-state index contributed by atoms with van der Waals surface area (Å²) in [4.78, 5) is 16.8. The zero-order chi connectivity index (χ0) is 16.2. The maximum absolute atomic E-state index is 5.88. The van der Waals surface area contributed by atoms with Gasteiger partial charge < -0.3 is 10.1 Å². The van der Waals surface area contributed by atoms with E-state index in [0.717, 1.165) is 16.7 Å². The first kappa shape index (κ1) is 14.1. The lowest BCUT2D eigenvalue weighted by Crippen LogP contribution is -1.98. The summed E-state index contributed by atoms with van der Waals surface area (Å²) in [5.74, 6) is 2.76. The van der Waals surface area contributed by atoms with E-state index in [1.54, 1.807) is 18.6 Å². The molecule has 0 saturated heterocycles. The summed E-state index contributed by atoms with van der Waals surface area (Å²) in [7, 11) is 0. The Hall–Kier alpha value is -3.54. The van der Waals surface area contributed by atoms with E-state index in [1.165, 1.54) is 6.33 Å². The molecule has 0 amide bonds. The van der Waals surface area contributed by atoms with Gasteiger partial charge in [0.2, 0.25) is 0 Å². The lowest BCUT2D eigenvalue weighted by atomic mass is 10.2. The quantitative estimate of drug-likeness (QED) is 0.614. The summed E-state index contributed by atoms with van der Waals surface area (Å²) in [6, 6.07) is 15.3. The molecule has 6 nitrogen and oxygen atoms in total. The molecule has 0 spiro atoms. The van der Waals surface area contributed by atoms with Crippen molar-refractivity contribution in [3.8, 4) is 11.5 Å². The van der Waals surface area contributed by atoms with E-state index >= 15 is 0 Å². The lowest BCUT2D eigenvalue weighted by molar-refractivity contribution is 0.483. The molecular weight excluding hydrogens is 302 g/mol. The molecule has 6 heteroatoms. The second-order valence-electron chi connectivity index (χ2n) is 5.03. The van der Waals surface area contributed by atoms with Gasteiger partial charge in [-0.05, 0) is 30.3 Å². The minimum Gasteiger partial charge on any atom is -0.457 e. The van der Waals surface area contributed by atoms with E-state index in [4.69, 9.17) is 4.74 Å². The summed E-state index contributed by atoms with van der Waals surface area (Å²) in [6.45, 7) is 0. The highest BCUT2D eigenvalue weighted by Gasteiger charge is 2.07. The van der Waals surface area contributed by atoms with Gasteiger partial charge in [-0.25, -0.2) is 15.0 Å². The van der Waals surface area contributed by atoms with E-state index in [2.05, 4.69) is 25.3 Å².